The van der Waals surface area contributed by atoms with E-state index in [4.69, 9.17) is 10.5 Å². The molecular formula is C27H29N3O10. The largest absolute Gasteiger partial charge is 0.510 e. The summed E-state index contributed by atoms with van der Waals surface area (Å²) in [5.74, 6) is -9.52. The predicted octanol–water partition coefficient (Wildman–Crippen LogP) is -0.838. The van der Waals surface area contributed by atoms with Crippen LogP contribution in [0, 0.1) is 11.8 Å². The maximum absolute atomic E-state index is 13.8. The first kappa shape index (κ1) is 27.5. The Labute approximate surface area is 228 Å². The predicted molar refractivity (Wildman–Crippen MR) is 135 cm³/mol. The van der Waals surface area contributed by atoms with Crippen LogP contribution in [-0.4, -0.2) is 111 Å². The molecule has 0 bridgehead atoms. The SMILES string of the molecule is CN(C)C1C(O)=C(C(N)=O)C(=O)[C@@]2(O)C(O)=C3C(=O)c4c(O)ccc(C(=O)C(=O)N5CCOCC5)c4C[C@H]3C[C@@H]12. The van der Waals surface area contributed by atoms with Crippen LogP contribution in [0.1, 0.15) is 32.7 Å². The Morgan fingerprint density at radius 1 is 1.10 bits per heavy atom. The van der Waals surface area contributed by atoms with Gasteiger partial charge in [0.15, 0.2) is 11.4 Å². The highest BCUT2D eigenvalue weighted by Crippen LogP contribution is 2.52. The summed E-state index contributed by atoms with van der Waals surface area (Å²) in [5, 5.41) is 44.4. The van der Waals surface area contributed by atoms with E-state index in [9.17, 15) is 44.4 Å². The first-order valence-electron chi connectivity index (χ1n) is 12.7. The van der Waals surface area contributed by atoms with E-state index in [0.29, 0.717) is 0 Å². The molecule has 0 radical (unpaired) electrons. The van der Waals surface area contributed by atoms with Crippen LogP contribution in [0.15, 0.2) is 34.8 Å². The number of hydrogen-bond acceptors (Lipinski definition) is 11. The van der Waals surface area contributed by atoms with Crippen LogP contribution in [0.4, 0.5) is 0 Å². The lowest BCUT2D eigenvalue weighted by Crippen LogP contribution is -2.63. The van der Waals surface area contributed by atoms with Crippen molar-refractivity contribution in [3.8, 4) is 5.75 Å². The van der Waals surface area contributed by atoms with E-state index in [0.717, 1.165) is 6.07 Å². The third-order valence-electron chi connectivity index (χ3n) is 8.34. The first-order chi connectivity index (χ1) is 18.8. The summed E-state index contributed by atoms with van der Waals surface area (Å²) in [6, 6.07) is 1.21. The molecule has 6 N–H and O–H groups in total. The number of Topliss-reactive ketones (excluding diaryl/α,β-unsaturated/α-hetero) is 3. The minimum atomic E-state index is -2.76. The molecule has 13 nitrogen and oxygen atoms in total. The van der Waals surface area contributed by atoms with Gasteiger partial charge in [0, 0.05) is 30.1 Å². The molecule has 1 heterocycles. The van der Waals surface area contributed by atoms with Crippen LogP contribution >= 0.6 is 0 Å². The molecule has 2 amide bonds. The number of phenols is 1. The van der Waals surface area contributed by atoms with Gasteiger partial charge in [0.2, 0.25) is 5.78 Å². The van der Waals surface area contributed by atoms with Crippen LogP contribution in [0.3, 0.4) is 0 Å². The van der Waals surface area contributed by atoms with Crippen molar-refractivity contribution in [1.82, 2.24) is 9.80 Å². The number of benzene rings is 1. The molecule has 4 atom stereocenters. The van der Waals surface area contributed by atoms with Crippen molar-refractivity contribution < 1.29 is 49.1 Å². The highest BCUT2D eigenvalue weighted by Gasteiger charge is 2.63. The van der Waals surface area contributed by atoms with Crippen molar-refractivity contribution in [1.29, 1.82) is 0 Å². The summed E-state index contributed by atoms with van der Waals surface area (Å²) in [6.07, 6.45) is -0.229. The lowest BCUT2D eigenvalue weighted by molar-refractivity contribution is -0.148. The number of nitrogens with two attached hydrogens (primary N) is 1. The minimum absolute atomic E-state index is 0.0837. The van der Waals surface area contributed by atoms with E-state index >= 15 is 0 Å². The monoisotopic (exact) mass is 555 g/mol. The van der Waals surface area contributed by atoms with E-state index < -0.39 is 75.5 Å². The molecular weight excluding hydrogens is 526 g/mol. The van der Waals surface area contributed by atoms with Gasteiger partial charge in [0.1, 0.15) is 22.8 Å². The van der Waals surface area contributed by atoms with E-state index in [2.05, 4.69) is 0 Å². The molecule has 3 aliphatic carbocycles. The van der Waals surface area contributed by atoms with Gasteiger partial charge < -0.3 is 35.8 Å². The van der Waals surface area contributed by atoms with Crippen LogP contribution < -0.4 is 5.73 Å². The van der Waals surface area contributed by atoms with Gasteiger partial charge in [-0.2, -0.15) is 0 Å². The van der Waals surface area contributed by atoms with E-state index in [-0.39, 0.29) is 61.4 Å². The number of nitrogens with zero attached hydrogens (tertiary/aromatic N) is 2. The first-order valence-corrected chi connectivity index (χ1v) is 12.7. The molecule has 0 spiro atoms. The van der Waals surface area contributed by atoms with Crippen LogP contribution in [0.25, 0.3) is 0 Å². The molecule has 0 aromatic heterocycles. The van der Waals surface area contributed by atoms with Crippen LogP contribution in [0.2, 0.25) is 0 Å². The molecule has 5 rings (SSSR count). The van der Waals surface area contributed by atoms with Crippen molar-refractivity contribution in [3.63, 3.8) is 0 Å². The summed E-state index contributed by atoms with van der Waals surface area (Å²) in [5.41, 5.74) is 1.00. The van der Waals surface area contributed by atoms with Gasteiger partial charge in [-0.05, 0) is 50.6 Å². The maximum Gasteiger partial charge on any atom is 0.295 e. The summed E-state index contributed by atoms with van der Waals surface area (Å²) >= 11 is 0. The number of hydrogen-bond donors (Lipinski definition) is 5. The second-order valence-corrected chi connectivity index (χ2v) is 10.7. The molecule has 1 fully saturated rings. The van der Waals surface area contributed by atoms with E-state index in [1.165, 1.54) is 30.0 Å². The number of aliphatic hydroxyl groups excluding tert-OH is 2. The average Bonchev–Trinajstić information content (AvgIpc) is 2.90. The normalized spacial score (nSPS) is 28.3. The third kappa shape index (κ3) is 3.76. The number of aliphatic hydroxyl groups is 3. The number of likely N-dealkylation sites (N-methyl/N-ethyl adjacent to an activating group) is 1. The second kappa shape index (κ2) is 9.54. The number of amides is 2. The standard InChI is InChI=1S/C27H29N3O10/c1-29(2)19-14-10-11-9-13-12(20(32)26(38)30-5-7-40-8-6-30)3-4-15(31)17(13)21(33)16(11)23(35)27(14,39)24(36)18(22(19)34)25(28)37/h3-4,11,14,19,31,34-35,39H,5-10H2,1-2H3,(H2,28,37)/t11-,14-,19?,27-/m0/s1. The fourth-order valence-corrected chi connectivity index (χ4v) is 6.49. The number of rotatable bonds is 4. The van der Waals surface area contributed by atoms with Crippen molar-refractivity contribution in [2.24, 2.45) is 17.6 Å². The highest BCUT2D eigenvalue weighted by molar-refractivity contribution is 6.43. The zero-order valence-corrected chi connectivity index (χ0v) is 21.8. The minimum Gasteiger partial charge on any atom is -0.510 e. The van der Waals surface area contributed by atoms with Crippen molar-refractivity contribution >= 4 is 29.2 Å². The Bertz CT molecular complexity index is 1440. The number of carbonyl (C=O) groups excluding carboxylic acids is 5. The van der Waals surface area contributed by atoms with Gasteiger partial charge in [-0.25, -0.2) is 0 Å². The Hall–Kier alpha value is -4.07. The molecule has 1 saturated heterocycles. The Balaban J connectivity index is 1.64. The van der Waals surface area contributed by atoms with Crippen LogP contribution in [-0.2, 0) is 25.5 Å². The number of allylic oxidation sites excluding steroid dienone is 1. The van der Waals surface area contributed by atoms with Crippen LogP contribution in [0.5, 0.6) is 5.75 Å². The maximum atomic E-state index is 13.8. The molecule has 1 unspecified atom stereocenters. The fourth-order valence-electron chi connectivity index (χ4n) is 6.49. The number of ether oxygens (including phenoxy) is 1. The molecule has 40 heavy (non-hydrogen) atoms. The van der Waals surface area contributed by atoms with E-state index in [1.54, 1.807) is 0 Å². The molecule has 0 saturated carbocycles. The smallest absolute Gasteiger partial charge is 0.295 e. The topological polar surface area (TPSA) is 208 Å². The fraction of sp³-hybridized carbons (Fsp3) is 0.444. The number of primary amides is 1. The number of ketones is 3. The Morgan fingerprint density at radius 3 is 2.35 bits per heavy atom. The summed E-state index contributed by atoms with van der Waals surface area (Å²) in [4.78, 5) is 68.2. The van der Waals surface area contributed by atoms with Gasteiger partial charge in [-0.3, -0.25) is 28.9 Å². The summed E-state index contributed by atoms with van der Waals surface area (Å²) in [7, 11) is 3.05. The van der Waals surface area contributed by atoms with Crippen molar-refractivity contribution in [2.45, 2.75) is 24.5 Å². The number of carbonyl (C=O) groups is 5. The molecule has 4 aliphatic rings. The van der Waals surface area contributed by atoms with Crippen molar-refractivity contribution in [3.05, 3.63) is 51.5 Å². The van der Waals surface area contributed by atoms with E-state index in [1.807, 2.05) is 0 Å². The quantitative estimate of drug-likeness (QED) is 0.176. The zero-order valence-electron chi connectivity index (χ0n) is 21.8. The third-order valence-corrected chi connectivity index (χ3v) is 8.34. The average molecular weight is 556 g/mol. The van der Waals surface area contributed by atoms with Gasteiger partial charge >= 0.3 is 0 Å². The lowest BCUT2D eigenvalue weighted by Gasteiger charge is -2.50. The van der Waals surface area contributed by atoms with Gasteiger partial charge in [-0.15, -0.1) is 0 Å². The summed E-state index contributed by atoms with van der Waals surface area (Å²) in [6.45, 7) is 0.986. The highest BCUT2D eigenvalue weighted by atomic mass is 16.5. The van der Waals surface area contributed by atoms with Gasteiger partial charge in [0.05, 0.1) is 24.8 Å². The molecule has 1 aliphatic heterocycles. The molecule has 1 aromatic carbocycles. The van der Waals surface area contributed by atoms with Gasteiger partial charge in [-0.1, -0.05) is 0 Å². The van der Waals surface area contributed by atoms with Crippen molar-refractivity contribution in [2.75, 3.05) is 40.4 Å². The Morgan fingerprint density at radius 2 is 1.75 bits per heavy atom. The second-order valence-electron chi connectivity index (χ2n) is 10.7. The van der Waals surface area contributed by atoms with Gasteiger partial charge in [0.25, 0.3) is 17.6 Å². The molecule has 1 aromatic rings. The number of aromatic hydroxyl groups is 1. The molecule has 13 heteroatoms. The number of fused-ring (bicyclic) bond motifs is 3. The Kier molecular flexibility index (Phi) is 6.56. The number of morpholine rings is 1. The number of phenolic OH excluding ortho intramolecular Hbond substituents is 1. The summed E-state index contributed by atoms with van der Waals surface area (Å²) < 4.78 is 5.23. The molecule has 212 valence electrons. The lowest BCUT2D eigenvalue weighted by atomic mass is 9.58. The zero-order chi connectivity index (χ0) is 29.3.